The van der Waals surface area contributed by atoms with Gasteiger partial charge in [0.15, 0.2) is 0 Å². The zero-order chi connectivity index (χ0) is 12.7. The van der Waals surface area contributed by atoms with Crippen LogP contribution >= 0.6 is 0 Å². The highest BCUT2D eigenvalue weighted by Crippen LogP contribution is 2.28. The first-order valence-electron chi connectivity index (χ1n) is 5.57. The molecule has 0 unspecified atom stereocenters. The summed E-state index contributed by atoms with van der Waals surface area (Å²) in [5.41, 5.74) is 1.24. The Morgan fingerprint density at radius 1 is 1.17 bits per heavy atom. The molecule has 18 heavy (non-hydrogen) atoms. The monoisotopic (exact) mass is 242 g/mol. The van der Waals surface area contributed by atoms with Crippen LogP contribution in [0, 0.1) is 0 Å². The average molecular weight is 242 g/mol. The van der Waals surface area contributed by atoms with Gasteiger partial charge in [-0.3, -0.25) is 4.79 Å². The molecule has 3 aromatic rings. The minimum absolute atomic E-state index is 0.00768. The maximum Gasteiger partial charge on any atom is 0.336 e. The fraction of sp³-hybridized carbons (Fsp3) is 0.143. The van der Waals surface area contributed by atoms with Crippen molar-refractivity contribution in [1.29, 1.82) is 0 Å². The van der Waals surface area contributed by atoms with E-state index in [1.807, 2.05) is 12.1 Å². The first-order chi connectivity index (χ1) is 8.65. The van der Waals surface area contributed by atoms with Crippen LogP contribution in [-0.2, 0) is 11.2 Å². The van der Waals surface area contributed by atoms with Crippen molar-refractivity contribution >= 4 is 27.7 Å². The van der Waals surface area contributed by atoms with Crippen LogP contribution in [0.3, 0.4) is 0 Å². The fourth-order valence-corrected chi connectivity index (χ4v) is 2.13. The molecule has 2 aromatic heterocycles. The van der Waals surface area contributed by atoms with Gasteiger partial charge in [-0.25, -0.2) is 4.79 Å². The molecular formula is C14H10O4. The summed E-state index contributed by atoms with van der Waals surface area (Å²) in [6.07, 6.45) is 1.75. The van der Waals surface area contributed by atoms with Crippen molar-refractivity contribution < 1.29 is 13.6 Å². The Balaban J connectivity index is 2.48. The molecule has 1 aromatic carbocycles. The summed E-state index contributed by atoms with van der Waals surface area (Å²) < 4.78 is 10.6. The topological polar surface area (TPSA) is 60.4 Å². The summed E-state index contributed by atoms with van der Waals surface area (Å²) in [5, 5.41) is 1.69. The first kappa shape index (κ1) is 10.8. The molecule has 2 heterocycles. The van der Waals surface area contributed by atoms with Gasteiger partial charge in [-0.05, 0) is 25.1 Å². The Kier molecular flexibility index (Phi) is 2.30. The number of furan rings is 1. The van der Waals surface area contributed by atoms with E-state index < -0.39 is 5.63 Å². The third kappa shape index (κ3) is 1.62. The Hall–Kier alpha value is -2.36. The number of rotatable bonds is 2. The van der Waals surface area contributed by atoms with E-state index in [0.29, 0.717) is 16.7 Å². The summed E-state index contributed by atoms with van der Waals surface area (Å²) in [4.78, 5) is 22.7. The molecule has 0 saturated carbocycles. The van der Waals surface area contributed by atoms with Crippen LogP contribution < -0.4 is 5.63 Å². The smallest absolute Gasteiger partial charge is 0.336 e. The lowest BCUT2D eigenvalue weighted by Gasteiger charge is -2.04. The van der Waals surface area contributed by atoms with Crippen molar-refractivity contribution in [2.45, 2.75) is 13.3 Å². The molecule has 0 bridgehead atoms. The Morgan fingerprint density at radius 2 is 1.94 bits per heavy atom. The highest BCUT2D eigenvalue weighted by Gasteiger charge is 2.14. The van der Waals surface area contributed by atoms with E-state index in [1.54, 1.807) is 12.3 Å². The quantitative estimate of drug-likeness (QED) is 0.648. The molecule has 0 aliphatic carbocycles. The third-order valence-corrected chi connectivity index (χ3v) is 2.84. The van der Waals surface area contributed by atoms with E-state index in [-0.39, 0.29) is 12.2 Å². The van der Waals surface area contributed by atoms with Crippen LogP contribution in [0.4, 0.5) is 0 Å². The zero-order valence-corrected chi connectivity index (χ0v) is 9.73. The number of fused-ring (bicyclic) bond motifs is 2. The molecule has 0 amide bonds. The number of carbonyl (C=O) groups is 1. The van der Waals surface area contributed by atoms with Gasteiger partial charge in [0.1, 0.15) is 16.9 Å². The maximum absolute atomic E-state index is 11.3. The first-order valence-corrected chi connectivity index (χ1v) is 5.57. The van der Waals surface area contributed by atoms with Crippen LogP contribution in [0.1, 0.15) is 12.5 Å². The second-order valence-electron chi connectivity index (χ2n) is 4.25. The molecule has 0 spiro atoms. The Labute approximate surface area is 102 Å². The second kappa shape index (κ2) is 3.84. The van der Waals surface area contributed by atoms with E-state index in [0.717, 1.165) is 10.8 Å². The summed E-state index contributed by atoms with van der Waals surface area (Å²) in [6, 6.07) is 6.76. The molecule has 4 nitrogen and oxygen atoms in total. The number of Topliss-reactive ketones (excluding diaryl/α,β-unsaturated/α-hetero) is 1. The molecule has 90 valence electrons. The molecular weight excluding hydrogens is 232 g/mol. The van der Waals surface area contributed by atoms with Crippen LogP contribution in [0.15, 0.2) is 44.2 Å². The van der Waals surface area contributed by atoms with Crippen molar-refractivity contribution in [1.82, 2.24) is 0 Å². The van der Waals surface area contributed by atoms with Crippen molar-refractivity contribution in [3.05, 3.63) is 46.5 Å². The van der Waals surface area contributed by atoms with Crippen molar-refractivity contribution in [2.75, 3.05) is 0 Å². The van der Waals surface area contributed by atoms with Crippen molar-refractivity contribution in [3.8, 4) is 0 Å². The van der Waals surface area contributed by atoms with Gasteiger partial charge in [0.05, 0.1) is 6.26 Å². The summed E-state index contributed by atoms with van der Waals surface area (Å²) >= 11 is 0. The lowest BCUT2D eigenvalue weighted by atomic mass is 10.0. The van der Waals surface area contributed by atoms with E-state index in [4.69, 9.17) is 8.83 Å². The summed E-state index contributed by atoms with van der Waals surface area (Å²) in [6.45, 7) is 1.49. The van der Waals surface area contributed by atoms with Gasteiger partial charge in [-0.1, -0.05) is 0 Å². The number of hydrogen-bond donors (Lipinski definition) is 0. The predicted molar refractivity (Wildman–Crippen MR) is 66.6 cm³/mol. The summed E-state index contributed by atoms with van der Waals surface area (Å²) in [7, 11) is 0. The molecule has 0 aliphatic rings. The molecule has 0 atom stereocenters. The minimum Gasteiger partial charge on any atom is -0.464 e. The van der Waals surface area contributed by atoms with Crippen molar-refractivity contribution in [3.63, 3.8) is 0 Å². The van der Waals surface area contributed by atoms with E-state index in [9.17, 15) is 9.59 Å². The molecule has 4 heteroatoms. The van der Waals surface area contributed by atoms with Gasteiger partial charge in [0.25, 0.3) is 0 Å². The van der Waals surface area contributed by atoms with Crippen LogP contribution in [0.25, 0.3) is 21.9 Å². The van der Waals surface area contributed by atoms with Gasteiger partial charge >= 0.3 is 5.63 Å². The van der Waals surface area contributed by atoms with Gasteiger partial charge in [-0.2, -0.15) is 0 Å². The summed E-state index contributed by atoms with van der Waals surface area (Å²) in [5.74, 6) is -0.00768. The number of ketones is 1. The van der Waals surface area contributed by atoms with Gasteiger partial charge in [0, 0.05) is 28.8 Å². The Morgan fingerprint density at radius 3 is 2.72 bits per heavy atom. The van der Waals surface area contributed by atoms with Crippen LogP contribution in [-0.4, -0.2) is 5.78 Å². The number of benzene rings is 1. The SMILES string of the molecule is CC(=O)Cc1c2occc2cc2ccc(=O)oc12. The lowest BCUT2D eigenvalue weighted by molar-refractivity contribution is -0.116. The number of hydrogen-bond acceptors (Lipinski definition) is 4. The van der Waals surface area contributed by atoms with Crippen molar-refractivity contribution in [2.24, 2.45) is 0 Å². The average Bonchev–Trinajstić information content (AvgIpc) is 2.77. The van der Waals surface area contributed by atoms with Gasteiger partial charge in [0.2, 0.25) is 0 Å². The lowest BCUT2D eigenvalue weighted by Crippen LogP contribution is -2.01. The molecule has 0 N–H and O–H groups in total. The highest BCUT2D eigenvalue weighted by molar-refractivity contribution is 5.99. The Bertz CT molecular complexity index is 807. The van der Waals surface area contributed by atoms with Crippen LogP contribution in [0.5, 0.6) is 0 Å². The minimum atomic E-state index is -0.432. The largest absolute Gasteiger partial charge is 0.464 e. The molecule has 0 radical (unpaired) electrons. The zero-order valence-electron chi connectivity index (χ0n) is 9.73. The second-order valence-corrected chi connectivity index (χ2v) is 4.25. The molecule has 3 rings (SSSR count). The van der Waals surface area contributed by atoms with Crippen LogP contribution in [0.2, 0.25) is 0 Å². The number of carbonyl (C=O) groups excluding carboxylic acids is 1. The fourth-order valence-electron chi connectivity index (χ4n) is 2.13. The van der Waals surface area contributed by atoms with Gasteiger partial charge in [-0.15, -0.1) is 0 Å². The normalized spacial score (nSPS) is 11.2. The van der Waals surface area contributed by atoms with Gasteiger partial charge < -0.3 is 8.83 Å². The maximum atomic E-state index is 11.3. The highest BCUT2D eigenvalue weighted by atomic mass is 16.4. The van der Waals surface area contributed by atoms with E-state index >= 15 is 0 Å². The third-order valence-electron chi connectivity index (χ3n) is 2.84. The molecule has 0 fully saturated rings. The van der Waals surface area contributed by atoms with E-state index in [2.05, 4.69) is 0 Å². The predicted octanol–water partition coefficient (Wildman–Crippen LogP) is 2.67. The molecule has 0 aliphatic heterocycles. The van der Waals surface area contributed by atoms with E-state index in [1.165, 1.54) is 13.0 Å². The molecule has 0 saturated heterocycles. The standard InChI is InChI=1S/C14H10O4/c1-8(15)6-11-13-10(4-5-17-13)7-9-2-3-12(16)18-14(9)11/h2-5,7H,6H2,1H3.